The molecule has 0 radical (unpaired) electrons. The highest BCUT2D eigenvalue weighted by Gasteiger charge is 2.34. The van der Waals surface area contributed by atoms with E-state index in [0.29, 0.717) is 18.0 Å². The van der Waals surface area contributed by atoms with Gasteiger partial charge in [0.1, 0.15) is 17.3 Å². The zero-order chi connectivity index (χ0) is 25.2. The topological polar surface area (TPSA) is 75.6 Å². The van der Waals surface area contributed by atoms with Crippen molar-refractivity contribution in [2.45, 2.75) is 26.5 Å². The minimum Gasteiger partial charge on any atom is -0.479 e. The number of carbonyl (C=O) groups is 2. The Labute approximate surface area is 214 Å². The Bertz CT molecular complexity index is 1410. The van der Waals surface area contributed by atoms with Gasteiger partial charge >= 0.3 is 0 Å². The predicted octanol–water partition coefficient (Wildman–Crippen LogP) is 4.95. The Morgan fingerprint density at radius 2 is 1.89 bits per heavy atom. The van der Waals surface area contributed by atoms with Crippen LogP contribution in [0.15, 0.2) is 72.9 Å². The van der Waals surface area contributed by atoms with Gasteiger partial charge in [0.15, 0.2) is 6.10 Å². The normalized spacial score (nSPS) is 14.8. The summed E-state index contributed by atoms with van der Waals surface area (Å²) in [6.07, 6.45) is 1.07. The molecule has 0 fully saturated rings. The minimum atomic E-state index is -0.674. The predicted molar refractivity (Wildman–Crippen MR) is 141 cm³/mol. The molecule has 7 nitrogen and oxygen atoms in total. The average Bonchev–Trinajstić information content (AvgIpc) is 3.29. The molecule has 8 heteroatoms. The van der Waals surface area contributed by atoms with Crippen LogP contribution in [0.25, 0.3) is 22.0 Å². The number of nitrogens with zero attached hydrogens (tertiary/aromatic N) is 4. The first-order valence-electron chi connectivity index (χ1n) is 11.7. The number of likely N-dealkylation sites (N-methyl/N-ethyl adjacent to an activating group) is 1. The zero-order valence-corrected chi connectivity index (χ0v) is 21.2. The lowest BCUT2D eigenvalue weighted by Crippen LogP contribution is -2.49. The second kappa shape index (κ2) is 9.91. The van der Waals surface area contributed by atoms with Crippen molar-refractivity contribution >= 4 is 28.8 Å². The summed E-state index contributed by atoms with van der Waals surface area (Å²) in [5, 5.41) is 0.830. The zero-order valence-electron chi connectivity index (χ0n) is 20.3. The van der Waals surface area contributed by atoms with E-state index in [1.54, 1.807) is 36.4 Å². The number of pyridine rings is 1. The molecular formula is C28H26N4O3S. The number of hydrogen-bond donors (Lipinski definition) is 0. The van der Waals surface area contributed by atoms with E-state index in [1.165, 1.54) is 4.90 Å². The molecule has 0 spiro atoms. The average molecular weight is 499 g/mol. The van der Waals surface area contributed by atoms with Gasteiger partial charge in [0.05, 0.1) is 17.1 Å². The molecule has 5 rings (SSSR count). The molecule has 2 aromatic heterocycles. The van der Waals surface area contributed by atoms with Gasteiger partial charge in [-0.2, -0.15) is 0 Å². The number of ether oxygens (including phenoxy) is 1. The van der Waals surface area contributed by atoms with Gasteiger partial charge in [-0.05, 0) is 49.7 Å². The molecule has 1 unspecified atom stereocenters. The minimum absolute atomic E-state index is 0.0679. The van der Waals surface area contributed by atoms with Crippen LogP contribution in [0.4, 0.5) is 5.69 Å². The van der Waals surface area contributed by atoms with Crippen molar-refractivity contribution in [1.29, 1.82) is 0 Å². The Balaban J connectivity index is 1.44. The van der Waals surface area contributed by atoms with Gasteiger partial charge in [-0.1, -0.05) is 36.4 Å². The number of fused-ring (bicyclic) bond motifs is 1. The Morgan fingerprint density at radius 3 is 2.64 bits per heavy atom. The van der Waals surface area contributed by atoms with Crippen molar-refractivity contribution in [3.05, 3.63) is 83.4 Å². The molecule has 2 aromatic carbocycles. The number of benzene rings is 2. The van der Waals surface area contributed by atoms with Gasteiger partial charge in [0.25, 0.3) is 5.91 Å². The fraction of sp³-hybridized carbons (Fsp3) is 0.214. The third kappa shape index (κ3) is 4.72. The summed E-state index contributed by atoms with van der Waals surface area (Å²) in [4.78, 5) is 39.7. The number of aryl methyl sites for hydroxylation is 1. The van der Waals surface area contributed by atoms with Gasteiger partial charge in [-0.25, -0.2) is 4.98 Å². The SMILES string of the molecule is Cc1sc(-c2ccccn2)nc1-c1ccc2c(c1)N(CC(=O)N(C)Cc1ccccc1)C(=O)C(C)O2. The summed E-state index contributed by atoms with van der Waals surface area (Å²) < 4.78 is 5.86. The molecule has 4 aromatic rings. The van der Waals surface area contributed by atoms with E-state index in [-0.39, 0.29) is 18.4 Å². The van der Waals surface area contributed by atoms with Gasteiger partial charge in [0, 0.05) is 30.2 Å². The maximum absolute atomic E-state index is 13.1. The van der Waals surface area contributed by atoms with Gasteiger partial charge < -0.3 is 9.64 Å². The highest BCUT2D eigenvalue weighted by molar-refractivity contribution is 7.15. The second-order valence-electron chi connectivity index (χ2n) is 8.74. The van der Waals surface area contributed by atoms with E-state index in [0.717, 1.165) is 32.4 Å². The summed E-state index contributed by atoms with van der Waals surface area (Å²) in [5.41, 5.74) is 4.09. The lowest BCUT2D eigenvalue weighted by atomic mass is 10.1. The van der Waals surface area contributed by atoms with Crippen LogP contribution in [0.1, 0.15) is 17.4 Å². The Kier molecular flexibility index (Phi) is 6.52. The van der Waals surface area contributed by atoms with Crippen molar-refractivity contribution in [3.8, 4) is 27.7 Å². The van der Waals surface area contributed by atoms with Crippen LogP contribution >= 0.6 is 11.3 Å². The molecule has 3 heterocycles. The molecule has 0 saturated heterocycles. The van der Waals surface area contributed by atoms with Gasteiger partial charge in [0.2, 0.25) is 5.91 Å². The maximum atomic E-state index is 13.1. The second-order valence-corrected chi connectivity index (χ2v) is 9.94. The maximum Gasteiger partial charge on any atom is 0.268 e. The van der Waals surface area contributed by atoms with Crippen LogP contribution in [0.3, 0.4) is 0 Å². The van der Waals surface area contributed by atoms with E-state index < -0.39 is 6.10 Å². The Hall–Kier alpha value is -4.04. The van der Waals surface area contributed by atoms with Crippen molar-refractivity contribution in [1.82, 2.24) is 14.9 Å². The third-order valence-electron chi connectivity index (χ3n) is 6.10. The fourth-order valence-corrected chi connectivity index (χ4v) is 5.09. The fourth-order valence-electron chi connectivity index (χ4n) is 4.18. The van der Waals surface area contributed by atoms with Crippen molar-refractivity contribution in [2.24, 2.45) is 0 Å². The van der Waals surface area contributed by atoms with Crippen molar-refractivity contribution in [2.75, 3.05) is 18.5 Å². The van der Waals surface area contributed by atoms with E-state index in [4.69, 9.17) is 9.72 Å². The van der Waals surface area contributed by atoms with Crippen molar-refractivity contribution in [3.63, 3.8) is 0 Å². The van der Waals surface area contributed by atoms with Crippen LogP contribution in [0.2, 0.25) is 0 Å². The molecule has 36 heavy (non-hydrogen) atoms. The number of anilines is 1. The van der Waals surface area contributed by atoms with E-state index in [1.807, 2.05) is 73.7 Å². The number of amides is 2. The summed E-state index contributed by atoms with van der Waals surface area (Å²) in [6.45, 7) is 4.12. The van der Waals surface area contributed by atoms with E-state index >= 15 is 0 Å². The molecule has 1 aliphatic rings. The highest BCUT2D eigenvalue weighted by atomic mass is 32.1. The molecular weight excluding hydrogens is 472 g/mol. The van der Waals surface area contributed by atoms with Gasteiger partial charge in [-0.3, -0.25) is 19.5 Å². The molecule has 1 atom stereocenters. The van der Waals surface area contributed by atoms with Crippen LogP contribution in [-0.4, -0.2) is 46.4 Å². The number of aromatic nitrogens is 2. The molecule has 0 N–H and O–H groups in total. The third-order valence-corrected chi connectivity index (χ3v) is 7.10. The monoisotopic (exact) mass is 498 g/mol. The molecule has 0 aliphatic carbocycles. The van der Waals surface area contributed by atoms with Gasteiger partial charge in [-0.15, -0.1) is 11.3 Å². The first-order valence-corrected chi connectivity index (χ1v) is 12.5. The highest BCUT2D eigenvalue weighted by Crippen LogP contribution is 2.40. The van der Waals surface area contributed by atoms with Crippen LogP contribution in [0, 0.1) is 6.92 Å². The largest absolute Gasteiger partial charge is 0.479 e. The number of hydrogen-bond acceptors (Lipinski definition) is 6. The molecule has 2 amide bonds. The van der Waals surface area contributed by atoms with Crippen LogP contribution < -0.4 is 9.64 Å². The number of carbonyl (C=O) groups excluding carboxylic acids is 2. The van der Waals surface area contributed by atoms with Crippen LogP contribution in [-0.2, 0) is 16.1 Å². The van der Waals surface area contributed by atoms with Crippen molar-refractivity contribution < 1.29 is 14.3 Å². The Morgan fingerprint density at radius 1 is 1.11 bits per heavy atom. The van der Waals surface area contributed by atoms with E-state index in [2.05, 4.69) is 4.98 Å². The summed E-state index contributed by atoms with van der Waals surface area (Å²) in [6, 6.07) is 21.2. The lowest BCUT2D eigenvalue weighted by molar-refractivity contribution is -0.132. The number of rotatable bonds is 6. The summed E-state index contributed by atoms with van der Waals surface area (Å²) in [5.74, 6) is 0.174. The first-order chi connectivity index (χ1) is 17.4. The molecule has 0 saturated carbocycles. The molecule has 1 aliphatic heterocycles. The summed E-state index contributed by atoms with van der Waals surface area (Å²) >= 11 is 1.57. The number of thiazole rings is 1. The standard InChI is InChI=1S/C28H26N4O3S/c1-18-28(34)32(17-25(33)31(3)16-20-9-5-4-6-10-20)23-15-21(12-13-24(23)35-18)26-19(2)36-27(30-26)22-11-7-8-14-29-22/h4-15,18H,16-17H2,1-3H3. The molecule has 182 valence electrons. The smallest absolute Gasteiger partial charge is 0.268 e. The van der Waals surface area contributed by atoms with Crippen LogP contribution in [0.5, 0.6) is 5.75 Å². The quantitative estimate of drug-likeness (QED) is 0.376. The molecule has 0 bridgehead atoms. The van der Waals surface area contributed by atoms with E-state index in [9.17, 15) is 9.59 Å². The first kappa shape index (κ1) is 23.7. The summed E-state index contributed by atoms with van der Waals surface area (Å²) in [7, 11) is 1.75. The lowest BCUT2D eigenvalue weighted by Gasteiger charge is -2.33.